The SMILES string of the molecule is CCc1ccc2oc(-c3ccccc3)cc(=NCC(=O)NCC(=O)[O-])c2c1. The summed E-state index contributed by atoms with van der Waals surface area (Å²) in [6.45, 7) is 1.34. The van der Waals surface area contributed by atoms with Crippen LogP contribution < -0.4 is 15.8 Å². The number of rotatable bonds is 6. The van der Waals surface area contributed by atoms with Gasteiger partial charge in [0.2, 0.25) is 5.91 Å². The van der Waals surface area contributed by atoms with E-state index in [4.69, 9.17) is 4.42 Å². The number of nitrogens with zero attached hydrogens (tertiary/aromatic N) is 1. The first-order chi connectivity index (χ1) is 13.1. The second-order valence-electron chi connectivity index (χ2n) is 6.01. The second kappa shape index (κ2) is 8.31. The van der Waals surface area contributed by atoms with Crippen molar-refractivity contribution in [3.63, 3.8) is 0 Å². The predicted octanol–water partition coefficient (Wildman–Crippen LogP) is 1.43. The van der Waals surface area contributed by atoms with Gasteiger partial charge in [0.05, 0.1) is 17.9 Å². The molecule has 0 unspecified atom stereocenters. The molecular formula is C21H19N2O4-. The average Bonchev–Trinajstić information content (AvgIpc) is 2.70. The highest BCUT2D eigenvalue weighted by molar-refractivity contribution is 5.83. The van der Waals surface area contributed by atoms with E-state index >= 15 is 0 Å². The summed E-state index contributed by atoms with van der Waals surface area (Å²) < 4.78 is 6.03. The quantitative estimate of drug-likeness (QED) is 0.717. The van der Waals surface area contributed by atoms with E-state index in [1.54, 1.807) is 6.07 Å². The zero-order valence-corrected chi connectivity index (χ0v) is 14.9. The van der Waals surface area contributed by atoms with Crippen molar-refractivity contribution in [2.24, 2.45) is 4.99 Å². The Hall–Kier alpha value is -3.41. The lowest BCUT2D eigenvalue weighted by molar-refractivity contribution is -0.304. The number of carbonyl (C=O) groups excluding carboxylic acids is 2. The fraction of sp³-hybridized carbons (Fsp3) is 0.190. The Balaban J connectivity index is 2.05. The van der Waals surface area contributed by atoms with Gasteiger partial charge < -0.3 is 19.6 Å². The summed E-state index contributed by atoms with van der Waals surface area (Å²) in [7, 11) is 0. The highest BCUT2D eigenvalue weighted by Crippen LogP contribution is 2.22. The van der Waals surface area contributed by atoms with Crippen LogP contribution >= 0.6 is 0 Å². The highest BCUT2D eigenvalue weighted by atomic mass is 16.4. The van der Waals surface area contributed by atoms with Gasteiger partial charge in [0, 0.05) is 17.0 Å². The van der Waals surface area contributed by atoms with Gasteiger partial charge in [-0.05, 0) is 24.1 Å². The second-order valence-corrected chi connectivity index (χ2v) is 6.01. The van der Waals surface area contributed by atoms with Gasteiger partial charge >= 0.3 is 0 Å². The van der Waals surface area contributed by atoms with Crippen LogP contribution in [0.15, 0.2) is 64.0 Å². The van der Waals surface area contributed by atoms with Crippen LogP contribution in [0.2, 0.25) is 0 Å². The maximum Gasteiger partial charge on any atom is 0.241 e. The first-order valence-electron chi connectivity index (χ1n) is 8.66. The Morgan fingerprint density at radius 1 is 1.11 bits per heavy atom. The molecule has 0 bridgehead atoms. The van der Waals surface area contributed by atoms with Crippen LogP contribution in [0.5, 0.6) is 0 Å². The van der Waals surface area contributed by atoms with Gasteiger partial charge in [0.15, 0.2) is 0 Å². The molecule has 0 aliphatic carbocycles. The first kappa shape index (κ1) is 18.4. The van der Waals surface area contributed by atoms with Crippen molar-refractivity contribution < 1.29 is 19.1 Å². The van der Waals surface area contributed by atoms with Crippen LogP contribution in [0, 0.1) is 0 Å². The molecule has 2 aromatic carbocycles. The molecular weight excluding hydrogens is 344 g/mol. The minimum absolute atomic E-state index is 0.184. The molecule has 6 nitrogen and oxygen atoms in total. The molecule has 6 heteroatoms. The zero-order chi connectivity index (χ0) is 19.2. The summed E-state index contributed by atoms with van der Waals surface area (Å²) in [5.74, 6) is -1.19. The number of fused-ring (bicyclic) bond motifs is 1. The number of carbonyl (C=O) groups is 2. The third kappa shape index (κ3) is 4.61. The van der Waals surface area contributed by atoms with Gasteiger partial charge in [-0.15, -0.1) is 0 Å². The number of hydrogen-bond acceptors (Lipinski definition) is 5. The van der Waals surface area contributed by atoms with Crippen LogP contribution in [-0.4, -0.2) is 25.0 Å². The molecule has 0 aliphatic rings. The van der Waals surface area contributed by atoms with Crippen molar-refractivity contribution >= 4 is 22.8 Å². The largest absolute Gasteiger partial charge is 0.548 e. The number of benzene rings is 2. The molecule has 0 atom stereocenters. The van der Waals surface area contributed by atoms with E-state index < -0.39 is 18.4 Å². The van der Waals surface area contributed by atoms with Crippen molar-refractivity contribution in [1.82, 2.24) is 5.32 Å². The van der Waals surface area contributed by atoms with Gasteiger partial charge in [0.1, 0.15) is 17.9 Å². The normalized spacial score (nSPS) is 11.5. The van der Waals surface area contributed by atoms with E-state index in [2.05, 4.69) is 17.2 Å². The van der Waals surface area contributed by atoms with E-state index in [1.807, 2.05) is 48.5 Å². The number of aryl methyl sites for hydroxylation is 1. The number of hydrogen-bond donors (Lipinski definition) is 1. The lowest BCUT2D eigenvalue weighted by Crippen LogP contribution is -2.38. The van der Waals surface area contributed by atoms with Gasteiger partial charge in [-0.3, -0.25) is 9.79 Å². The number of nitrogens with one attached hydrogen (secondary N) is 1. The first-order valence-corrected chi connectivity index (χ1v) is 8.66. The predicted molar refractivity (Wildman–Crippen MR) is 99.5 cm³/mol. The smallest absolute Gasteiger partial charge is 0.241 e. The maximum atomic E-state index is 11.8. The summed E-state index contributed by atoms with van der Waals surface area (Å²) >= 11 is 0. The fourth-order valence-electron chi connectivity index (χ4n) is 2.70. The topological polar surface area (TPSA) is 94.7 Å². The number of carboxylic acid groups (broad SMARTS) is 1. The van der Waals surface area contributed by atoms with Crippen LogP contribution in [0.4, 0.5) is 0 Å². The van der Waals surface area contributed by atoms with Crippen LogP contribution in [0.1, 0.15) is 12.5 Å². The van der Waals surface area contributed by atoms with Gasteiger partial charge in [0.25, 0.3) is 0 Å². The Labute approximate surface area is 156 Å². The van der Waals surface area contributed by atoms with Crippen LogP contribution in [0.3, 0.4) is 0 Å². The zero-order valence-electron chi connectivity index (χ0n) is 14.9. The fourth-order valence-corrected chi connectivity index (χ4v) is 2.70. The highest BCUT2D eigenvalue weighted by Gasteiger charge is 2.07. The Kier molecular flexibility index (Phi) is 5.66. The molecule has 138 valence electrons. The van der Waals surface area contributed by atoms with Gasteiger partial charge in [-0.25, -0.2) is 0 Å². The molecule has 0 fully saturated rings. The Bertz CT molecular complexity index is 1040. The summed E-state index contributed by atoms with van der Waals surface area (Å²) in [5, 5.41) is 14.1. The summed E-state index contributed by atoms with van der Waals surface area (Å²) in [6, 6.07) is 17.3. The lowest BCUT2D eigenvalue weighted by atomic mass is 10.1. The van der Waals surface area contributed by atoms with Gasteiger partial charge in [-0.1, -0.05) is 43.3 Å². The molecule has 1 aromatic heterocycles. The van der Waals surface area contributed by atoms with E-state index in [0.717, 1.165) is 22.9 Å². The molecule has 1 N–H and O–H groups in total. The molecule has 0 spiro atoms. The van der Waals surface area contributed by atoms with Crippen LogP contribution in [-0.2, 0) is 16.0 Å². The van der Waals surface area contributed by atoms with Crippen molar-refractivity contribution in [3.8, 4) is 11.3 Å². The molecule has 0 saturated carbocycles. The maximum absolute atomic E-state index is 11.8. The minimum atomic E-state index is -1.34. The van der Waals surface area contributed by atoms with Crippen LogP contribution in [0.25, 0.3) is 22.3 Å². The summed E-state index contributed by atoms with van der Waals surface area (Å²) in [6.07, 6.45) is 0.863. The van der Waals surface area contributed by atoms with Crippen molar-refractivity contribution in [2.75, 3.05) is 13.1 Å². The van der Waals surface area contributed by atoms with Gasteiger partial charge in [-0.2, -0.15) is 0 Å². The van der Waals surface area contributed by atoms with E-state index in [1.165, 1.54) is 0 Å². The van der Waals surface area contributed by atoms with Crippen molar-refractivity contribution in [2.45, 2.75) is 13.3 Å². The third-order valence-electron chi connectivity index (χ3n) is 4.10. The molecule has 0 radical (unpaired) electrons. The van der Waals surface area contributed by atoms with E-state index in [0.29, 0.717) is 16.7 Å². The number of carboxylic acids is 1. The summed E-state index contributed by atoms with van der Waals surface area (Å²) in [4.78, 5) is 26.7. The minimum Gasteiger partial charge on any atom is -0.548 e. The molecule has 0 aliphatic heterocycles. The standard InChI is InChI=1S/C21H20N2O4/c1-2-14-8-9-18-16(10-14)17(22-12-20(24)23-13-21(25)26)11-19(27-18)15-6-4-3-5-7-15/h3-11H,2,12-13H2,1H3,(H,23,24)(H,25,26)/p-1. The average molecular weight is 363 g/mol. The number of aliphatic carboxylic acids is 1. The van der Waals surface area contributed by atoms with E-state index in [-0.39, 0.29) is 6.54 Å². The molecule has 27 heavy (non-hydrogen) atoms. The third-order valence-corrected chi connectivity index (χ3v) is 4.10. The summed E-state index contributed by atoms with van der Waals surface area (Å²) in [5.41, 5.74) is 2.70. The Morgan fingerprint density at radius 3 is 2.59 bits per heavy atom. The Morgan fingerprint density at radius 2 is 1.89 bits per heavy atom. The lowest BCUT2D eigenvalue weighted by Gasteiger charge is -2.07. The molecule has 1 heterocycles. The molecule has 3 aromatic rings. The number of amides is 1. The monoisotopic (exact) mass is 363 g/mol. The van der Waals surface area contributed by atoms with E-state index in [9.17, 15) is 14.7 Å². The molecule has 0 saturated heterocycles. The molecule has 1 amide bonds. The van der Waals surface area contributed by atoms with Crippen molar-refractivity contribution in [3.05, 3.63) is 65.5 Å². The van der Waals surface area contributed by atoms with Crippen molar-refractivity contribution in [1.29, 1.82) is 0 Å². The molecule has 3 rings (SSSR count).